The molecule has 0 aromatic heterocycles. The molecule has 0 bridgehead atoms. The maximum absolute atomic E-state index is 12.4. The summed E-state index contributed by atoms with van der Waals surface area (Å²) in [4.78, 5) is 25.9. The number of fused-ring (bicyclic) bond motifs is 1. The van der Waals surface area contributed by atoms with E-state index in [4.69, 9.17) is 14.2 Å². The van der Waals surface area contributed by atoms with Crippen molar-refractivity contribution < 1.29 is 23.8 Å². The van der Waals surface area contributed by atoms with Crippen LogP contribution in [0.25, 0.3) is 0 Å². The maximum Gasteiger partial charge on any atom is 0.244 e. The Morgan fingerprint density at radius 3 is 2.58 bits per heavy atom. The van der Waals surface area contributed by atoms with Crippen LogP contribution in [0.5, 0.6) is 17.2 Å². The first kappa shape index (κ1) is 17.6. The van der Waals surface area contributed by atoms with E-state index in [0.29, 0.717) is 41.8 Å². The molecule has 3 rings (SSSR count). The average Bonchev–Trinajstić information content (AvgIpc) is 2.66. The maximum atomic E-state index is 12.4. The lowest BCUT2D eigenvalue weighted by molar-refractivity contribution is -0.120. The van der Waals surface area contributed by atoms with Crippen LogP contribution in [-0.4, -0.2) is 38.7 Å². The predicted molar refractivity (Wildman–Crippen MR) is 97.1 cm³/mol. The van der Waals surface area contributed by atoms with E-state index in [1.54, 1.807) is 36.4 Å². The molecule has 0 spiro atoms. The summed E-state index contributed by atoms with van der Waals surface area (Å²) in [6, 6.07) is 12.3. The van der Waals surface area contributed by atoms with Crippen molar-refractivity contribution in [2.24, 2.45) is 0 Å². The number of rotatable bonds is 5. The minimum Gasteiger partial charge on any atom is -0.495 e. The summed E-state index contributed by atoms with van der Waals surface area (Å²) >= 11 is 0. The summed E-state index contributed by atoms with van der Waals surface area (Å²) in [7, 11) is 1.53. The first-order chi connectivity index (χ1) is 12.6. The summed E-state index contributed by atoms with van der Waals surface area (Å²) in [6.45, 7) is 2.22. The molecular formula is C19H20N2O5. The molecule has 7 nitrogen and oxygen atoms in total. The quantitative estimate of drug-likeness (QED) is 0.890. The van der Waals surface area contributed by atoms with Crippen LogP contribution >= 0.6 is 0 Å². The standard InChI is InChI=1S/C19H20N2O5/c1-13(22)21(14-7-8-17-18(11-14)26-10-9-25-17)12-19(23)20-15-5-3-4-6-16(15)24-2/h3-8,11H,9-10,12H2,1-2H3,(H,20,23). The van der Waals surface area contributed by atoms with Crippen LogP contribution in [0.4, 0.5) is 11.4 Å². The molecule has 0 saturated heterocycles. The number of nitrogens with one attached hydrogen (secondary N) is 1. The third kappa shape index (κ3) is 3.88. The van der Waals surface area contributed by atoms with Gasteiger partial charge in [-0.25, -0.2) is 0 Å². The molecule has 1 aliphatic rings. The Balaban J connectivity index is 1.76. The largest absolute Gasteiger partial charge is 0.495 e. The molecule has 2 aromatic rings. The van der Waals surface area contributed by atoms with Crippen molar-refractivity contribution in [2.75, 3.05) is 37.1 Å². The van der Waals surface area contributed by atoms with Crippen molar-refractivity contribution in [3.05, 3.63) is 42.5 Å². The van der Waals surface area contributed by atoms with Crippen molar-refractivity contribution >= 4 is 23.2 Å². The summed E-state index contributed by atoms with van der Waals surface area (Å²) in [5, 5.41) is 2.77. The van der Waals surface area contributed by atoms with Crippen LogP contribution in [0, 0.1) is 0 Å². The van der Waals surface area contributed by atoms with E-state index < -0.39 is 0 Å². The molecule has 2 aromatic carbocycles. The highest BCUT2D eigenvalue weighted by Gasteiger charge is 2.20. The normalized spacial score (nSPS) is 12.2. The van der Waals surface area contributed by atoms with Gasteiger partial charge in [0, 0.05) is 18.7 Å². The van der Waals surface area contributed by atoms with E-state index in [1.165, 1.54) is 18.9 Å². The van der Waals surface area contributed by atoms with Gasteiger partial charge < -0.3 is 24.4 Å². The van der Waals surface area contributed by atoms with E-state index in [9.17, 15) is 9.59 Å². The van der Waals surface area contributed by atoms with Crippen LogP contribution in [0.3, 0.4) is 0 Å². The number of para-hydroxylation sites is 2. The third-order valence-corrected chi connectivity index (χ3v) is 3.90. The first-order valence-electron chi connectivity index (χ1n) is 8.19. The zero-order valence-electron chi connectivity index (χ0n) is 14.7. The van der Waals surface area contributed by atoms with E-state index in [2.05, 4.69) is 5.32 Å². The Labute approximate surface area is 151 Å². The van der Waals surface area contributed by atoms with Gasteiger partial charge in [-0.15, -0.1) is 0 Å². The lowest BCUT2D eigenvalue weighted by Crippen LogP contribution is -2.36. The Kier molecular flexibility index (Phi) is 5.26. The van der Waals surface area contributed by atoms with E-state index in [0.717, 1.165) is 0 Å². The van der Waals surface area contributed by atoms with Crippen LogP contribution in [0.1, 0.15) is 6.92 Å². The van der Waals surface area contributed by atoms with Crippen molar-refractivity contribution in [2.45, 2.75) is 6.92 Å². The van der Waals surface area contributed by atoms with E-state index in [-0.39, 0.29) is 18.4 Å². The minimum absolute atomic E-state index is 0.132. The Morgan fingerprint density at radius 1 is 1.12 bits per heavy atom. The monoisotopic (exact) mass is 356 g/mol. The van der Waals surface area contributed by atoms with Crippen molar-refractivity contribution in [3.63, 3.8) is 0 Å². The lowest BCUT2D eigenvalue weighted by atomic mass is 10.2. The predicted octanol–water partition coefficient (Wildman–Crippen LogP) is 2.46. The van der Waals surface area contributed by atoms with Gasteiger partial charge in [0.05, 0.1) is 12.8 Å². The van der Waals surface area contributed by atoms with Crippen LogP contribution in [0.15, 0.2) is 42.5 Å². The second-order valence-corrected chi connectivity index (χ2v) is 5.68. The molecule has 0 radical (unpaired) electrons. The molecule has 2 amide bonds. The Morgan fingerprint density at radius 2 is 1.85 bits per heavy atom. The van der Waals surface area contributed by atoms with E-state index in [1.807, 2.05) is 6.07 Å². The number of ether oxygens (including phenoxy) is 3. The van der Waals surface area contributed by atoms with Crippen molar-refractivity contribution in [1.29, 1.82) is 0 Å². The van der Waals surface area contributed by atoms with Gasteiger partial charge in [-0.2, -0.15) is 0 Å². The minimum atomic E-state index is -0.334. The highest BCUT2D eigenvalue weighted by atomic mass is 16.6. The Hall–Kier alpha value is -3.22. The van der Waals surface area contributed by atoms with Crippen LogP contribution < -0.4 is 24.4 Å². The number of nitrogens with zero attached hydrogens (tertiary/aromatic N) is 1. The van der Waals surface area contributed by atoms with Gasteiger partial charge in [0.25, 0.3) is 0 Å². The van der Waals surface area contributed by atoms with Gasteiger partial charge in [-0.05, 0) is 24.3 Å². The molecule has 26 heavy (non-hydrogen) atoms. The van der Waals surface area contributed by atoms with Crippen LogP contribution in [0.2, 0.25) is 0 Å². The topological polar surface area (TPSA) is 77.1 Å². The number of carbonyl (C=O) groups excluding carboxylic acids is 2. The zero-order chi connectivity index (χ0) is 18.5. The molecule has 136 valence electrons. The molecule has 0 saturated carbocycles. The summed E-state index contributed by atoms with van der Waals surface area (Å²) in [5.41, 5.74) is 1.11. The van der Waals surface area contributed by atoms with Gasteiger partial charge >= 0.3 is 0 Å². The van der Waals surface area contributed by atoms with Crippen LogP contribution in [-0.2, 0) is 9.59 Å². The third-order valence-electron chi connectivity index (χ3n) is 3.90. The molecule has 7 heteroatoms. The highest BCUT2D eigenvalue weighted by Crippen LogP contribution is 2.34. The average molecular weight is 356 g/mol. The highest BCUT2D eigenvalue weighted by molar-refractivity contribution is 6.02. The van der Waals surface area contributed by atoms with Crippen molar-refractivity contribution in [3.8, 4) is 17.2 Å². The van der Waals surface area contributed by atoms with Gasteiger partial charge in [0.15, 0.2) is 11.5 Å². The number of methoxy groups -OCH3 is 1. The fourth-order valence-electron chi connectivity index (χ4n) is 2.67. The smallest absolute Gasteiger partial charge is 0.244 e. The number of benzene rings is 2. The molecule has 1 aliphatic heterocycles. The van der Waals surface area contributed by atoms with Gasteiger partial charge in [-0.3, -0.25) is 9.59 Å². The summed E-state index contributed by atoms with van der Waals surface area (Å²) in [6.07, 6.45) is 0. The second-order valence-electron chi connectivity index (χ2n) is 5.68. The molecule has 0 atom stereocenters. The van der Waals surface area contributed by atoms with Crippen molar-refractivity contribution in [1.82, 2.24) is 0 Å². The summed E-state index contributed by atoms with van der Waals surface area (Å²) < 4.78 is 16.2. The summed E-state index contributed by atoms with van der Waals surface area (Å²) in [5.74, 6) is 1.15. The molecule has 0 unspecified atom stereocenters. The number of carbonyl (C=O) groups is 2. The number of hydrogen-bond donors (Lipinski definition) is 1. The molecule has 0 aliphatic carbocycles. The first-order valence-corrected chi connectivity index (χ1v) is 8.19. The lowest BCUT2D eigenvalue weighted by Gasteiger charge is -2.24. The second kappa shape index (κ2) is 7.77. The number of anilines is 2. The Bertz CT molecular complexity index is 821. The molecule has 1 N–H and O–H groups in total. The SMILES string of the molecule is COc1ccccc1NC(=O)CN(C(C)=O)c1ccc2c(c1)OCCO2. The fraction of sp³-hybridized carbons (Fsp3) is 0.263. The molecule has 1 heterocycles. The van der Waals surface area contributed by atoms with Gasteiger partial charge in [0.2, 0.25) is 11.8 Å². The van der Waals surface area contributed by atoms with Gasteiger partial charge in [0.1, 0.15) is 25.5 Å². The molecular weight excluding hydrogens is 336 g/mol. The van der Waals surface area contributed by atoms with E-state index >= 15 is 0 Å². The fourth-order valence-corrected chi connectivity index (χ4v) is 2.67. The number of hydrogen-bond acceptors (Lipinski definition) is 5. The van der Waals surface area contributed by atoms with Gasteiger partial charge in [-0.1, -0.05) is 12.1 Å². The number of amides is 2. The zero-order valence-corrected chi connectivity index (χ0v) is 14.7. The molecule has 0 fully saturated rings.